The number of aliphatic carboxylic acids is 2. The van der Waals surface area contributed by atoms with Crippen LogP contribution in [-0.2, 0) is 16.1 Å². The number of hydrogen-bond donors (Lipinski definition) is 3. The molecule has 11 nitrogen and oxygen atoms in total. The van der Waals surface area contributed by atoms with Gasteiger partial charge < -0.3 is 24.9 Å². The van der Waals surface area contributed by atoms with E-state index in [1.165, 1.54) is 0 Å². The number of carboxylic acids is 2. The second-order valence-corrected chi connectivity index (χ2v) is 6.49. The molecule has 4 rings (SSSR count). The molecule has 30 heavy (non-hydrogen) atoms. The van der Waals surface area contributed by atoms with Crippen molar-refractivity contribution in [2.24, 2.45) is 5.73 Å². The maximum absolute atomic E-state index is 9.55. The van der Waals surface area contributed by atoms with Crippen molar-refractivity contribution in [2.75, 3.05) is 0 Å². The van der Waals surface area contributed by atoms with E-state index in [2.05, 4.69) is 15.2 Å². The summed E-state index contributed by atoms with van der Waals surface area (Å²) in [6.07, 6.45) is 2.95. The van der Waals surface area contributed by atoms with Gasteiger partial charge in [0.2, 0.25) is 0 Å². The zero-order chi connectivity index (χ0) is 21.8. The lowest BCUT2D eigenvalue weighted by molar-refractivity contribution is -0.134. The maximum Gasteiger partial charge on any atom is 0.328 e. The number of aromatic nitrogens is 4. The molecular weight excluding hydrogens is 394 g/mol. The highest BCUT2D eigenvalue weighted by Gasteiger charge is 2.16. The van der Waals surface area contributed by atoms with Crippen molar-refractivity contribution < 1.29 is 28.7 Å². The average Bonchev–Trinajstić information content (AvgIpc) is 3.37. The lowest BCUT2D eigenvalue weighted by Crippen LogP contribution is -2.22. The maximum atomic E-state index is 9.55. The molecular formula is C19H19N5O6. The summed E-state index contributed by atoms with van der Waals surface area (Å²) >= 11 is 0. The van der Waals surface area contributed by atoms with Crippen molar-refractivity contribution in [1.82, 2.24) is 19.9 Å². The summed E-state index contributed by atoms with van der Waals surface area (Å²) in [4.78, 5) is 23.3. The third-order valence-corrected chi connectivity index (χ3v) is 3.87. The van der Waals surface area contributed by atoms with Gasteiger partial charge in [0, 0.05) is 29.0 Å². The standard InChI is InChI=1S/C15H15N5O2.C4H4O4/c1-8(16)7-20-14-10(6-17-20)3-4-12-11(14)5-13(21-12)15-18-9(2)19-22-15;5-3(6)1-2-4(7)8/h3-6,8H,7,16H2,1-2H3;1-2H,(H,5,6)(H,7,8)/t8-;/m0./s1. The zero-order valence-electron chi connectivity index (χ0n) is 16.1. The molecule has 0 radical (unpaired) electrons. The van der Waals surface area contributed by atoms with Crippen LogP contribution in [0.4, 0.5) is 0 Å². The van der Waals surface area contributed by atoms with Gasteiger partial charge in [0.1, 0.15) is 5.58 Å². The first-order chi connectivity index (χ1) is 14.2. The molecule has 0 aliphatic rings. The predicted octanol–water partition coefficient (Wildman–Crippen LogP) is 2.20. The molecule has 0 spiro atoms. The van der Waals surface area contributed by atoms with Crippen LogP contribution in [0.3, 0.4) is 0 Å². The van der Waals surface area contributed by atoms with Crippen molar-refractivity contribution in [3.05, 3.63) is 42.4 Å². The fourth-order valence-electron chi connectivity index (χ4n) is 2.75. The normalized spacial score (nSPS) is 12.2. The van der Waals surface area contributed by atoms with Crippen molar-refractivity contribution in [2.45, 2.75) is 26.4 Å². The SMILES string of the molecule is Cc1noc(-c2cc3c(ccc4cnn(C[C@H](C)N)c43)o2)n1.O=C(O)C=CC(=O)O. The van der Waals surface area contributed by atoms with Gasteiger partial charge >= 0.3 is 11.9 Å². The second-order valence-electron chi connectivity index (χ2n) is 6.49. The smallest absolute Gasteiger partial charge is 0.328 e. The zero-order valence-corrected chi connectivity index (χ0v) is 16.1. The van der Waals surface area contributed by atoms with Gasteiger partial charge in [0.05, 0.1) is 18.3 Å². The van der Waals surface area contributed by atoms with Crippen molar-refractivity contribution in [3.63, 3.8) is 0 Å². The fourth-order valence-corrected chi connectivity index (χ4v) is 2.75. The van der Waals surface area contributed by atoms with Crippen molar-refractivity contribution >= 4 is 33.8 Å². The van der Waals surface area contributed by atoms with Crippen LogP contribution in [0.15, 0.2) is 45.5 Å². The van der Waals surface area contributed by atoms with Crippen LogP contribution in [0.25, 0.3) is 33.5 Å². The molecule has 0 fully saturated rings. The Morgan fingerprint density at radius 2 is 1.97 bits per heavy atom. The monoisotopic (exact) mass is 413 g/mol. The molecule has 0 saturated heterocycles. The molecule has 1 atom stereocenters. The minimum Gasteiger partial charge on any atom is -0.478 e. The Kier molecular flexibility index (Phi) is 5.93. The van der Waals surface area contributed by atoms with Crippen molar-refractivity contribution in [3.8, 4) is 11.7 Å². The van der Waals surface area contributed by atoms with E-state index in [0.717, 1.165) is 21.9 Å². The molecule has 0 aliphatic carbocycles. The molecule has 0 aliphatic heterocycles. The molecule has 3 aromatic heterocycles. The average molecular weight is 413 g/mol. The Morgan fingerprint density at radius 1 is 1.27 bits per heavy atom. The number of benzene rings is 1. The number of furan rings is 1. The van der Waals surface area contributed by atoms with Crippen LogP contribution in [0, 0.1) is 6.92 Å². The highest BCUT2D eigenvalue weighted by atomic mass is 16.5. The second kappa shape index (κ2) is 8.57. The van der Waals surface area contributed by atoms with E-state index >= 15 is 0 Å². The molecule has 156 valence electrons. The summed E-state index contributed by atoms with van der Waals surface area (Å²) in [5.74, 6) is -1.01. The third-order valence-electron chi connectivity index (χ3n) is 3.87. The van der Waals surface area contributed by atoms with Crippen LogP contribution >= 0.6 is 0 Å². The Hall–Kier alpha value is -3.99. The summed E-state index contributed by atoms with van der Waals surface area (Å²) in [5, 5.41) is 25.8. The number of aryl methyl sites for hydroxylation is 1. The van der Waals surface area contributed by atoms with Crippen LogP contribution in [0.2, 0.25) is 0 Å². The minimum absolute atomic E-state index is 0.0170. The Morgan fingerprint density at radius 3 is 2.53 bits per heavy atom. The quantitative estimate of drug-likeness (QED) is 0.412. The predicted molar refractivity (Wildman–Crippen MR) is 106 cm³/mol. The van der Waals surface area contributed by atoms with Crippen LogP contribution < -0.4 is 5.73 Å². The molecule has 11 heteroatoms. The van der Waals surface area contributed by atoms with E-state index in [1.54, 1.807) is 6.92 Å². The summed E-state index contributed by atoms with van der Waals surface area (Å²) < 4.78 is 12.9. The van der Waals surface area contributed by atoms with Gasteiger partial charge in [-0.25, -0.2) is 9.59 Å². The van der Waals surface area contributed by atoms with E-state index in [0.29, 0.717) is 36.2 Å². The van der Waals surface area contributed by atoms with Gasteiger partial charge in [-0.2, -0.15) is 10.1 Å². The summed E-state index contributed by atoms with van der Waals surface area (Å²) in [5.41, 5.74) is 7.66. The van der Waals surface area contributed by atoms with Gasteiger partial charge in [0.25, 0.3) is 5.89 Å². The fraction of sp³-hybridized carbons (Fsp3) is 0.211. The Labute approximate surface area is 169 Å². The third kappa shape index (κ3) is 4.70. The van der Waals surface area contributed by atoms with E-state index in [9.17, 15) is 9.59 Å². The Bertz CT molecular complexity index is 1220. The lowest BCUT2D eigenvalue weighted by atomic mass is 10.2. The largest absolute Gasteiger partial charge is 0.478 e. The number of hydrogen-bond acceptors (Lipinski definition) is 8. The van der Waals surface area contributed by atoms with Crippen molar-refractivity contribution in [1.29, 1.82) is 0 Å². The molecule has 4 N–H and O–H groups in total. The molecule has 3 heterocycles. The van der Waals surface area contributed by atoms with E-state index in [4.69, 9.17) is 24.9 Å². The highest BCUT2D eigenvalue weighted by Crippen LogP contribution is 2.32. The van der Waals surface area contributed by atoms with Crippen LogP contribution in [0.1, 0.15) is 12.7 Å². The van der Waals surface area contributed by atoms with E-state index in [1.807, 2.05) is 36.0 Å². The molecule has 0 bridgehead atoms. The first kappa shape index (κ1) is 20.7. The van der Waals surface area contributed by atoms with Crippen LogP contribution in [0.5, 0.6) is 0 Å². The van der Waals surface area contributed by atoms with Crippen LogP contribution in [-0.4, -0.2) is 48.1 Å². The molecule has 1 aromatic carbocycles. The number of carboxylic acid groups (broad SMARTS) is 2. The van der Waals surface area contributed by atoms with Gasteiger partial charge in [-0.15, -0.1) is 0 Å². The topological polar surface area (TPSA) is 170 Å². The number of carbonyl (C=O) groups is 2. The van der Waals surface area contributed by atoms with E-state index < -0.39 is 11.9 Å². The van der Waals surface area contributed by atoms with E-state index in [-0.39, 0.29) is 6.04 Å². The number of rotatable bonds is 5. The lowest BCUT2D eigenvalue weighted by Gasteiger charge is -2.06. The Balaban J connectivity index is 0.000000275. The van der Waals surface area contributed by atoms with Gasteiger partial charge in [-0.3, -0.25) is 4.68 Å². The molecule has 0 unspecified atom stereocenters. The highest BCUT2D eigenvalue weighted by molar-refractivity contribution is 6.04. The number of nitrogens with zero attached hydrogens (tertiary/aromatic N) is 4. The molecule has 0 saturated carbocycles. The minimum atomic E-state index is -1.26. The van der Waals surface area contributed by atoms with Gasteiger partial charge in [-0.1, -0.05) is 5.16 Å². The first-order valence-corrected chi connectivity index (χ1v) is 8.83. The summed E-state index contributed by atoms with van der Waals surface area (Å²) in [6.45, 7) is 4.37. The number of fused-ring (bicyclic) bond motifs is 3. The summed E-state index contributed by atoms with van der Waals surface area (Å²) in [7, 11) is 0. The first-order valence-electron chi connectivity index (χ1n) is 8.83. The summed E-state index contributed by atoms with van der Waals surface area (Å²) in [6, 6.07) is 5.82. The number of nitrogens with two attached hydrogens (primary N) is 1. The van der Waals surface area contributed by atoms with Gasteiger partial charge in [-0.05, 0) is 32.0 Å². The molecule has 0 amide bonds. The van der Waals surface area contributed by atoms with Gasteiger partial charge in [0.15, 0.2) is 11.6 Å². The molecule has 4 aromatic rings.